The molecule has 3 aromatic heterocycles. The fraction of sp³-hybridized carbons (Fsp3) is 0. The minimum absolute atomic E-state index is 0.569. The van der Waals surface area contributed by atoms with E-state index in [2.05, 4.69) is 152 Å². The van der Waals surface area contributed by atoms with Gasteiger partial charge in [0, 0.05) is 43.8 Å². The first-order chi connectivity index (χ1) is 27.7. The Morgan fingerprint density at radius 2 is 0.804 bits per heavy atom. The van der Waals surface area contributed by atoms with Crippen LogP contribution in [0, 0.1) is 0 Å². The van der Waals surface area contributed by atoms with Crippen LogP contribution in [0.4, 0.5) is 0 Å². The lowest BCUT2D eigenvalue weighted by atomic mass is 9.97. The van der Waals surface area contributed by atoms with E-state index in [9.17, 15) is 0 Å². The molecule has 0 aliphatic rings. The van der Waals surface area contributed by atoms with Gasteiger partial charge in [0.15, 0.2) is 17.5 Å². The van der Waals surface area contributed by atoms with Crippen LogP contribution in [0.3, 0.4) is 0 Å². The van der Waals surface area contributed by atoms with Crippen LogP contribution in [0.5, 0.6) is 0 Å². The van der Waals surface area contributed by atoms with E-state index >= 15 is 0 Å². The predicted molar refractivity (Wildman–Crippen MR) is 227 cm³/mol. The van der Waals surface area contributed by atoms with Gasteiger partial charge in [0.05, 0.1) is 0 Å². The maximum Gasteiger partial charge on any atom is 0.164 e. The molecule has 11 rings (SSSR count). The highest BCUT2D eigenvalue weighted by atomic mass is 16.3. The summed E-state index contributed by atoms with van der Waals surface area (Å²) >= 11 is 0. The molecule has 3 heterocycles. The van der Waals surface area contributed by atoms with Crippen LogP contribution in [-0.4, -0.2) is 15.0 Å². The number of hydrogen-bond donors (Lipinski definition) is 0. The molecule has 8 aromatic carbocycles. The zero-order chi connectivity index (χ0) is 37.0. The SMILES string of the molecule is c1ccc(-c2ccc(-c3nc(-c4cccc(-c5ccccc5)c4)nc(-c4ccc5c(c4)oc4c(-c6cccc7oc8ccccc8c67)cccc45)n3)cc2)cc1. The Balaban J connectivity index is 1.06. The van der Waals surface area contributed by atoms with Gasteiger partial charge in [-0.2, -0.15) is 0 Å². The van der Waals surface area contributed by atoms with E-state index in [0.29, 0.717) is 17.5 Å². The lowest BCUT2D eigenvalue weighted by Gasteiger charge is -2.10. The first-order valence-electron chi connectivity index (χ1n) is 18.7. The Labute approximate surface area is 322 Å². The monoisotopic (exact) mass is 717 g/mol. The first-order valence-corrected chi connectivity index (χ1v) is 18.7. The van der Waals surface area contributed by atoms with Gasteiger partial charge in [-0.3, -0.25) is 0 Å². The number of benzene rings is 8. The number of furan rings is 2. The quantitative estimate of drug-likeness (QED) is 0.171. The second kappa shape index (κ2) is 13.0. The number of hydrogen-bond acceptors (Lipinski definition) is 5. The van der Waals surface area contributed by atoms with Crippen molar-refractivity contribution in [1.82, 2.24) is 15.0 Å². The molecule has 5 heteroatoms. The van der Waals surface area contributed by atoms with Crippen molar-refractivity contribution in [2.45, 2.75) is 0 Å². The third-order valence-corrected chi connectivity index (χ3v) is 10.6. The summed E-state index contributed by atoms with van der Waals surface area (Å²) in [6.07, 6.45) is 0. The summed E-state index contributed by atoms with van der Waals surface area (Å²) in [5.41, 5.74) is 12.6. The molecule has 0 spiro atoms. The molecular weight excluding hydrogens is 687 g/mol. The Morgan fingerprint density at radius 3 is 1.59 bits per heavy atom. The summed E-state index contributed by atoms with van der Waals surface area (Å²) in [6.45, 7) is 0. The first kappa shape index (κ1) is 31.9. The Hall–Kier alpha value is -7.63. The number of aromatic nitrogens is 3. The minimum atomic E-state index is 0.569. The molecule has 11 aromatic rings. The highest BCUT2D eigenvalue weighted by Gasteiger charge is 2.19. The maximum absolute atomic E-state index is 6.79. The van der Waals surface area contributed by atoms with Crippen LogP contribution < -0.4 is 0 Å². The van der Waals surface area contributed by atoms with Crippen LogP contribution >= 0.6 is 0 Å². The molecule has 0 unspecified atom stereocenters. The van der Waals surface area contributed by atoms with Gasteiger partial charge in [0.1, 0.15) is 22.3 Å². The molecule has 0 amide bonds. The smallest absolute Gasteiger partial charge is 0.164 e. The zero-order valence-electron chi connectivity index (χ0n) is 30.1. The van der Waals surface area contributed by atoms with Crippen LogP contribution in [0.15, 0.2) is 197 Å². The van der Waals surface area contributed by atoms with E-state index < -0.39 is 0 Å². The van der Waals surface area contributed by atoms with Crippen molar-refractivity contribution in [3.05, 3.63) is 188 Å². The Kier molecular flexibility index (Phi) is 7.42. The standard InChI is InChI=1S/C51H31N3O2/c1-3-12-32(13-4-1)34-24-26-35(27-25-34)49-52-50(37-17-9-16-36(30-37)33-14-5-2-6-15-33)54-51(53-49)38-28-29-39-41-20-10-21-42(48(41)56-46(39)31-38)40-19-11-23-45-47(40)43-18-7-8-22-44(43)55-45/h1-31H. The summed E-state index contributed by atoms with van der Waals surface area (Å²) in [5.74, 6) is 1.77. The summed E-state index contributed by atoms with van der Waals surface area (Å²) in [6, 6.07) is 64.5. The van der Waals surface area contributed by atoms with Gasteiger partial charge in [-0.1, -0.05) is 158 Å². The molecule has 0 saturated carbocycles. The van der Waals surface area contributed by atoms with Crippen LogP contribution in [-0.2, 0) is 0 Å². The fourth-order valence-electron chi connectivity index (χ4n) is 7.82. The number of nitrogens with zero attached hydrogens (tertiary/aromatic N) is 3. The molecule has 0 fully saturated rings. The number of rotatable bonds is 6. The third-order valence-electron chi connectivity index (χ3n) is 10.6. The summed E-state index contributed by atoms with van der Waals surface area (Å²) < 4.78 is 13.0. The second-order valence-corrected chi connectivity index (χ2v) is 14.0. The summed E-state index contributed by atoms with van der Waals surface area (Å²) in [5, 5.41) is 4.23. The lowest BCUT2D eigenvalue weighted by Crippen LogP contribution is -2.00. The normalized spacial score (nSPS) is 11.6. The minimum Gasteiger partial charge on any atom is -0.456 e. The molecule has 0 radical (unpaired) electrons. The third kappa shape index (κ3) is 5.45. The van der Waals surface area contributed by atoms with Crippen molar-refractivity contribution in [3.8, 4) is 67.5 Å². The highest BCUT2D eigenvalue weighted by Crippen LogP contribution is 2.42. The van der Waals surface area contributed by atoms with E-state index in [1.54, 1.807) is 0 Å². The molecule has 0 atom stereocenters. The largest absolute Gasteiger partial charge is 0.456 e. The van der Waals surface area contributed by atoms with E-state index in [4.69, 9.17) is 23.8 Å². The van der Waals surface area contributed by atoms with Gasteiger partial charge in [0.2, 0.25) is 0 Å². The van der Waals surface area contributed by atoms with E-state index in [1.807, 2.05) is 36.4 Å². The molecule has 262 valence electrons. The van der Waals surface area contributed by atoms with Crippen LogP contribution in [0.25, 0.3) is 111 Å². The molecular formula is C51H31N3O2. The topological polar surface area (TPSA) is 65.0 Å². The average molecular weight is 718 g/mol. The van der Waals surface area contributed by atoms with E-state index in [-0.39, 0.29) is 0 Å². The van der Waals surface area contributed by atoms with E-state index in [1.165, 1.54) is 0 Å². The van der Waals surface area contributed by atoms with Gasteiger partial charge >= 0.3 is 0 Å². The molecule has 5 nitrogen and oxygen atoms in total. The van der Waals surface area contributed by atoms with Crippen molar-refractivity contribution in [2.24, 2.45) is 0 Å². The molecule has 0 bridgehead atoms. The molecule has 0 aliphatic carbocycles. The van der Waals surface area contributed by atoms with Crippen molar-refractivity contribution in [1.29, 1.82) is 0 Å². The van der Waals surface area contributed by atoms with Crippen molar-refractivity contribution in [3.63, 3.8) is 0 Å². The predicted octanol–water partition coefficient (Wildman–Crippen LogP) is 13.7. The number of fused-ring (bicyclic) bond motifs is 6. The van der Waals surface area contributed by atoms with Crippen molar-refractivity contribution >= 4 is 43.9 Å². The summed E-state index contributed by atoms with van der Waals surface area (Å²) in [4.78, 5) is 15.3. The molecule has 0 aliphatic heterocycles. The van der Waals surface area contributed by atoms with Gasteiger partial charge in [0.25, 0.3) is 0 Å². The molecule has 56 heavy (non-hydrogen) atoms. The van der Waals surface area contributed by atoms with Gasteiger partial charge in [-0.25, -0.2) is 15.0 Å². The van der Waals surface area contributed by atoms with Gasteiger partial charge in [-0.15, -0.1) is 0 Å². The van der Waals surface area contributed by atoms with Gasteiger partial charge in [-0.05, 0) is 58.1 Å². The van der Waals surface area contributed by atoms with Crippen LogP contribution in [0.1, 0.15) is 0 Å². The van der Waals surface area contributed by atoms with E-state index in [0.717, 1.165) is 93.9 Å². The molecule has 0 saturated heterocycles. The second-order valence-electron chi connectivity index (χ2n) is 14.0. The van der Waals surface area contributed by atoms with Gasteiger partial charge < -0.3 is 8.83 Å². The molecule has 0 N–H and O–H groups in total. The maximum atomic E-state index is 6.79. The van der Waals surface area contributed by atoms with Crippen molar-refractivity contribution in [2.75, 3.05) is 0 Å². The Bertz CT molecular complexity index is 3240. The number of para-hydroxylation sites is 2. The fourth-order valence-corrected chi connectivity index (χ4v) is 7.82. The highest BCUT2D eigenvalue weighted by molar-refractivity contribution is 6.17. The summed E-state index contributed by atoms with van der Waals surface area (Å²) in [7, 11) is 0. The van der Waals surface area contributed by atoms with Crippen LogP contribution in [0.2, 0.25) is 0 Å². The zero-order valence-corrected chi connectivity index (χ0v) is 30.1. The lowest BCUT2D eigenvalue weighted by molar-refractivity contribution is 0.668. The van der Waals surface area contributed by atoms with Crippen molar-refractivity contribution < 1.29 is 8.83 Å². The Morgan fingerprint density at radius 1 is 0.286 bits per heavy atom. The average Bonchev–Trinajstić information content (AvgIpc) is 3.85.